The number of hydrogen-bond acceptors (Lipinski definition) is 0. The SMILES string of the molecule is CCCCC(CC)C(Cl)(Cl)Cl. The Balaban J connectivity index is 3.76. The molecule has 0 nitrogen and oxygen atoms in total. The first kappa shape index (κ1) is 11.9. The van der Waals surface area contributed by atoms with Crippen molar-refractivity contribution in [1.82, 2.24) is 0 Å². The quantitative estimate of drug-likeness (QED) is 0.605. The van der Waals surface area contributed by atoms with E-state index in [4.69, 9.17) is 34.8 Å². The summed E-state index contributed by atoms with van der Waals surface area (Å²) in [5.74, 6) is 0.215. The third-order valence-electron chi connectivity index (χ3n) is 1.86. The Kier molecular flexibility index (Phi) is 5.94. The Morgan fingerprint density at radius 1 is 1.18 bits per heavy atom. The number of unbranched alkanes of at least 4 members (excludes halogenated alkanes) is 1. The molecule has 0 amide bonds. The van der Waals surface area contributed by atoms with Gasteiger partial charge in [0.1, 0.15) is 0 Å². The molecule has 0 aliphatic heterocycles. The predicted octanol–water partition coefficient (Wildman–Crippen LogP) is 4.57. The van der Waals surface area contributed by atoms with Gasteiger partial charge in [-0.3, -0.25) is 0 Å². The number of hydrogen-bond donors (Lipinski definition) is 0. The van der Waals surface area contributed by atoms with Crippen LogP contribution in [0.2, 0.25) is 0 Å². The van der Waals surface area contributed by atoms with Crippen molar-refractivity contribution in [2.75, 3.05) is 0 Å². The molecule has 0 saturated carbocycles. The second-order valence-corrected chi connectivity index (χ2v) is 5.16. The van der Waals surface area contributed by atoms with Crippen LogP contribution >= 0.6 is 34.8 Å². The summed E-state index contributed by atoms with van der Waals surface area (Å²) in [5, 5.41) is 0. The second kappa shape index (κ2) is 5.50. The lowest BCUT2D eigenvalue weighted by Crippen LogP contribution is -2.18. The Morgan fingerprint density at radius 3 is 2.00 bits per heavy atom. The van der Waals surface area contributed by atoms with Gasteiger partial charge in [-0.2, -0.15) is 0 Å². The van der Waals surface area contributed by atoms with E-state index in [2.05, 4.69) is 13.8 Å². The summed E-state index contributed by atoms with van der Waals surface area (Å²) < 4.78 is -1.07. The van der Waals surface area contributed by atoms with Crippen molar-refractivity contribution in [2.45, 2.75) is 43.3 Å². The maximum atomic E-state index is 5.77. The molecule has 0 rings (SSSR count). The first-order valence-electron chi connectivity index (χ1n) is 4.09. The fraction of sp³-hybridized carbons (Fsp3) is 1.00. The van der Waals surface area contributed by atoms with Gasteiger partial charge >= 0.3 is 0 Å². The highest BCUT2D eigenvalue weighted by molar-refractivity contribution is 6.67. The lowest BCUT2D eigenvalue weighted by molar-refractivity contribution is 0.459. The highest BCUT2D eigenvalue weighted by Gasteiger charge is 2.29. The van der Waals surface area contributed by atoms with Gasteiger partial charge in [-0.25, -0.2) is 0 Å². The highest BCUT2D eigenvalue weighted by Crippen LogP contribution is 2.39. The average Bonchev–Trinajstić information content (AvgIpc) is 1.87. The van der Waals surface area contributed by atoms with E-state index >= 15 is 0 Å². The van der Waals surface area contributed by atoms with Crippen LogP contribution in [0.1, 0.15) is 39.5 Å². The normalized spacial score (nSPS) is 15.0. The monoisotopic (exact) mass is 216 g/mol. The molecular weight excluding hydrogens is 202 g/mol. The predicted molar refractivity (Wildman–Crippen MR) is 53.6 cm³/mol. The van der Waals surface area contributed by atoms with Crippen molar-refractivity contribution in [3.63, 3.8) is 0 Å². The first-order valence-corrected chi connectivity index (χ1v) is 5.22. The zero-order chi connectivity index (χ0) is 8.91. The van der Waals surface area contributed by atoms with E-state index in [0.29, 0.717) is 0 Å². The number of rotatable bonds is 4. The van der Waals surface area contributed by atoms with Gasteiger partial charge in [0, 0.05) is 5.92 Å². The molecule has 0 fully saturated rings. The summed E-state index contributed by atoms with van der Waals surface area (Å²) in [6, 6.07) is 0. The fourth-order valence-corrected chi connectivity index (χ4v) is 1.84. The van der Waals surface area contributed by atoms with Crippen molar-refractivity contribution in [1.29, 1.82) is 0 Å². The van der Waals surface area contributed by atoms with Gasteiger partial charge in [0.2, 0.25) is 0 Å². The average molecular weight is 218 g/mol. The van der Waals surface area contributed by atoms with Gasteiger partial charge < -0.3 is 0 Å². The Bertz CT molecular complexity index is 96.0. The topological polar surface area (TPSA) is 0 Å². The van der Waals surface area contributed by atoms with Gasteiger partial charge in [-0.15, -0.1) is 0 Å². The molecule has 0 aliphatic rings. The Labute approximate surface area is 84.2 Å². The van der Waals surface area contributed by atoms with E-state index in [1.54, 1.807) is 0 Å². The van der Waals surface area contributed by atoms with Gasteiger partial charge in [-0.1, -0.05) is 61.5 Å². The van der Waals surface area contributed by atoms with Crippen LogP contribution in [0.4, 0.5) is 0 Å². The minimum absolute atomic E-state index is 0.215. The molecule has 3 heteroatoms. The maximum absolute atomic E-state index is 5.77. The molecule has 0 spiro atoms. The first-order chi connectivity index (χ1) is 5.02. The molecule has 0 bridgehead atoms. The van der Waals surface area contributed by atoms with Crippen LogP contribution in [0, 0.1) is 5.92 Å². The van der Waals surface area contributed by atoms with E-state index < -0.39 is 3.79 Å². The molecule has 0 radical (unpaired) electrons. The van der Waals surface area contributed by atoms with Gasteiger partial charge in [0.25, 0.3) is 0 Å². The largest absolute Gasteiger partial charge is 0.193 e. The third kappa shape index (κ3) is 5.16. The summed E-state index contributed by atoms with van der Waals surface area (Å²) in [6.45, 7) is 4.20. The molecule has 0 saturated heterocycles. The summed E-state index contributed by atoms with van der Waals surface area (Å²) in [7, 11) is 0. The van der Waals surface area contributed by atoms with Crippen molar-refractivity contribution in [3.8, 4) is 0 Å². The molecule has 0 aliphatic carbocycles. The lowest BCUT2D eigenvalue weighted by Gasteiger charge is -2.22. The molecule has 0 N–H and O–H groups in total. The van der Waals surface area contributed by atoms with Crippen molar-refractivity contribution >= 4 is 34.8 Å². The molecule has 0 aromatic rings. The highest BCUT2D eigenvalue weighted by atomic mass is 35.6. The summed E-state index contributed by atoms with van der Waals surface area (Å²) in [5.41, 5.74) is 0. The smallest absolute Gasteiger partial charge is 0.0834 e. The molecule has 1 atom stereocenters. The minimum atomic E-state index is -1.07. The molecule has 0 heterocycles. The zero-order valence-electron chi connectivity index (χ0n) is 7.04. The van der Waals surface area contributed by atoms with Crippen molar-refractivity contribution < 1.29 is 0 Å². The van der Waals surface area contributed by atoms with Crippen LogP contribution in [0.5, 0.6) is 0 Å². The molecular formula is C8H15Cl3. The summed E-state index contributed by atoms with van der Waals surface area (Å²) in [4.78, 5) is 0. The minimum Gasteiger partial charge on any atom is -0.0834 e. The zero-order valence-corrected chi connectivity index (χ0v) is 9.31. The molecule has 68 valence electrons. The van der Waals surface area contributed by atoms with Gasteiger partial charge in [0.15, 0.2) is 3.79 Å². The van der Waals surface area contributed by atoms with E-state index in [-0.39, 0.29) is 5.92 Å². The van der Waals surface area contributed by atoms with E-state index in [9.17, 15) is 0 Å². The Hall–Kier alpha value is 0.870. The second-order valence-electron chi connectivity index (χ2n) is 2.79. The molecule has 0 aromatic carbocycles. The van der Waals surface area contributed by atoms with Gasteiger partial charge in [-0.05, 0) is 12.8 Å². The molecule has 0 aromatic heterocycles. The van der Waals surface area contributed by atoms with E-state index in [1.165, 1.54) is 0 Å². The van der Waals surface area contributed by atoms with Crippen LogP contribution in [0.25, 0.3) is 0 Å². The lowest BCUT2D eigenvalue weighted by atomic mass is 10.0. The van der Waals surface area contributed by atoms with E-state index in [1.807, 2.05) is 0 Å². The van der Waals surface area contributed by atoms with Crippen LogP contribution in [0.15, 0.2) is 0 Å². The fourth-order valence-electron chi connectivity index (χ4n) is 1.05. The van der Waals surface area contributed by atoms with Crippen LogP contribution in [-0.4, -0.2) is 3.79 Å². The number of halogens is 3. The van der Waals surface area contributed by atoms with Crippen molar-refractivity contribution in [2.24, 2.45) is 5.92 Å². The van der Waals surface area contributed by atoms with Crippen molar-refractivity contribution in [3.05, 3.63) is 0 Å². The third-order valence-corrected chi connectivity index (χ3v) is 2.79. The maximum Gasteiger partial charge on any atom is 0.193 e. The molecule has 11 heavy (non-hydrogen) atoms. The van der Waals surface area contributed by atoms with Crippen LogP contribution in [0.3, 0.4) is 0 Å². The Morgan fingerprint density at radius 2 is 1.73 bits per heavy atom. The van der Waals surface area contributed by atoms with Crippen LogP contribution < -0.4 is 0 Å². The number of alkyl halides is 3. The molecule has 1 unspecified atom stereocenters. The summed E-state index contributed by atoms with van der Waals surface area (Å²) in [6.07, 6.45) is 4.27. The van der Waals surface area contributed by atoms with E-state index in [0.717, 1.165) is 25.7 Å². The van der Waals surface area contributed by atoms with Gasteiger partial charge in [0.05, 0.1) is 0 Å². The van der Waals surface area contributed by atoms with Crippen LogP contribution in [-0.2, 0) is 0 Å². The standard InChI is InChI=1S/C8H15Cl3/c1-3-5-6-7(4-2)8(9,10)11/h7H,3-6H2,1-2H3. The summed E-state index contributed by atoms with van der Waals surface area (Å²) >= 11 is 17.3.